The topological polar surface area (TPSA) is 187 Å². The number of aromatic nitrogens is 1. The van der Waals surface area contributed by atoms with Crippen LogP contribution >= 0.6 is 7.37 Å². The normalized spacial score (nSPS) is 14.8. The first-order valence-corrected chi connectivity index (χ1v) is 19.8. The van der Waals surface area contributed by atoms with Crippen LogP contribution in [-0.4, -0.2) is 62.9 Å². The molecule has 4 rings (SSSR count). The minimum absolute atomic E-state index is 0.000975. The van der Waals surface area contributed by atoms with Gasteiger partial charge < -0.3 is 35.7 Å². The number of H-pyrrole nitrogens is 1. The molecule has 3 amide bonds. The van der Waals surface area contributed by atoms with E-state index in [1.54, 1.807) is 48.7 Å². The molecule has 4 aromatic rings. The molecule has 13 heteroatoms. The maximum atomic E-state index is 14.4. The summed E-state index contributed by atoms with van der Waals surface area (Å²) in [4.78, 5) is 67.7. The van der Waals surface area contributed by atoms with Gasteiger partial charge in [0.05, 0.1) is 0 Å². The van der Waals surface area contributed by atoms with Crippen LogP contribution in [0.2, 0.25) is 0 Å². The first kappa shape index (κ1) is 40.8. The van der Waals surface area contributed by atoms with Crippen molar-refractivity contribution in [2.75, 3.05) is 6.16 Å². The molecule has 6 N–H and O–H groups in total. The zero-order valence-electron chi connectivity index (χ0n) is 30.7. The lowest BCUT2D eigenvalue weighted by atomic mass is 9.97. The molecule has 3 aromatic carbocycles. The molecule has 3 unspecified atom stereocenters. The van der Waals surface area contributed by atoms with E-state index in [9.17, 15) is 33.7 Å². The molecule has 0 aliphatic heterocycles. The average Bonchev–Trinajstić information content (AvgIpc) is 3.52. The van der Waals surface area contributed by atoms with Crippen molar-refractivity contribution in [2.45, 2.75) is 77.9 Å². The lowest BCUT2D eigenvalue weighted by Gasteiger charge is -2.30. The zero-order chi connectivity index (χ0) is 38.5. The predicted octanol–water partition coefficient (Wildman–Crippen LogP) is 6.24. The number of nitrogens with one attached hydrogen (secondary N) is 4. The van der Waals surface area contributed by atoms with Crippen molar-refractivity contribution in [3.05, 3.63) is 108 Å². The molecule has 0 saturated carbocycles. The first-order valence-electron chi connectivity index (χ1n) is 17.9. The summed E-state index contributed by atoms with van der Waals surface area (Å²) < 4.78 is 19.8. The van der Waals surface area contributed by atoms with Crippen molar-refractivity contribution in [2.24, 2.45) is 17.8 Å². The van der Waals surface area contributed by atoms with Gasteiger partial charge in [0.2, 0.25) is 19.2 Å². The van der Waals surface area contributed by atoms with E-state index in [0.29, 0.717) is 11.1 Å². The third kappa shape index (κ3) is 12.6. The monoisotopic (exact) mass is 746 g/mol. The van der Waals surface area contributed by atoms with Crippen LogP contribution in [0.15, 0.2) is 91.1 Å². The van der Waals surface area contributed by atoms with E-state index in [0.717, 1.165) is 16.5 Å². The number of carbonyl (C=O) groups excluding carboxylic acids is 3. The average molecular weight is 747 g/mol. The number of rotatable bonds is 19. The Balaban J connectivity index is 1.54. The minimum Gasteiger partial charge on any atom is -0.480 e. The fourth-order valence-corrected chi connectivity index (χ4v) is 8.32. The lowest BCUT2D eigenvalue weighted by Crippen LogP contribution is -2.51. The summed E-state index contributed by atoms with van der Waals surface area (Å²) >= 11 is 0. The molecule has 0 fully saturated rings. The Labute approximate surface area is 310 Å². The molecule has 0 saturated heterocycles. The van der Waals surface area contributed by atoms with Crippen molar-refractivity contribution < 1.29 is 38.5 Å². The van der Waals surface area contributed by atoms with Crippen molar-refractivity contribution >= 4 is 42.1 Å². The first-order chi connectivity index (χ1) is 25.2. The van der Waals surface area contributed by atoms with Gasteiger partial charge >= 0.3 is 12.1 Å². The molecule has 0 radical (unpaired) electrons. The van der Waals surface area contributed by atoms with Crippen molar-refractivity contribution in [3.63, 3.8) is 0 Å². The maximum absolute atomic E-state index is 14.4. The lowest BCUT2D eigenvalue weighted by molar-refractivity contribution is -0.142. The number of aliphatic carboxylic acids is 1. The van der Waals surface area contributed by atoms with E-state index >= 15 is 0 Å². The second-order valence-corrected chi connectivity index (χ2v) is 16.8. The van der Waals surface area contributed by atoms with Crippen molar-refractivity contribution in [1.29, 1.82) is 0 Å². The van der Waals surface area contributed by atoms with E-state index in [1.807, 2.05) is 70.2 Å². The van der Waals surface area contributed by atoms with Gasteiger partial charge in [-0.25, -0.2) is 9.59 Å². The Kier molecular flexibility index (Phi) is 14.8. The minimum atomic E-state index is -4.39. The van der Waals surface area contributed by atoms with Gasteiger partial charge in [0.15, 0.2) is 0 Å². The molecule has 1 aromatic heterocycles. The van der Waals surface area contributed by atoms with Gasteiger partial charge in [-0.1, -0.05) is 107 Å². The molecular formula is C40H51N4O8P. The molecule has 5 atom stereocenters. The van der Waals surface area contributed by atoms with Crippen LogP contribution in [0.1, 0.15) is 57.2 Å². The van der Waals surface area contributed by atoms with Gasteiger partial charge in [0, 0.05) is 42.0 Å². The van der Waals surface area contributed by atoms with Crippen LogP contribution in [0, 0.1) is 17.8 Å². The number of amides is 3. The number of hydrogen-bond acceptors (Lipinski definition) is 6. The Bertz CT molecular complexity index is 1860. The fourth-order valence-electron chi connectivity index (χ4n) is 6.29. The second kappa shape index (κ2) is 19.2. The Morgan fingerprint density at radius 2 is 1.34 bits per heavy atom. The van der Waals surface area contributed by atoms with Gasteiger partial charge in [-0.3, -0.25) is 14.2 Å². The summed E-state index contributed by atoms with van der Waals surface area (Å²) in [5, 5.41) is 18.9. The molecule has 0 aliphatic rings. The third-order valence-corrected chi connectivity index (χ3v) is 11.2. The second-order valence-electron chi connectivity index (χ2n) is 14.3. The van der Waals surface area contributed by atoms with Crippen molar-refractivity contribution in [3.8, 4) is 0 Å². The summed E-state index contributed by atoms with van der Waals surface area (Å²) in [5.41, 5.74) is 2.99. The number of carboxylic acid groups (broad SMARTS) is 1. The van der Waals surface area contributed by atoms with E-state index in [2.05, 4.69) is 20.9 Å². The van der Waals surface area contributed by atoms with E-state index in [1.165, 1.54) is 0 Å². The summed E-state index contributed by atoms with van der Waals surface area (Å²) in [6, 6.07) is 23.0. The molecule has 1 heterocycles. The van der Waals surface area contributed by atoms with Crippen LogP contribution in [0.3, 0.4) is 0 Å². The largest absolute Gasteiger partial charge is 0.480 e. The van der Waals surface area contributed by atoms with Gasteiger partial charge in [0.1, 0.15) is 24.5 Å². The molecule has 0 bridgehead atoms. The number of benzene rings is 3. The molecular weight excluding hydrogens is 695 g/mol. The number of carbonyl (C=O) groups is 4. The van der Waals surface area contributed by atoms with E-state index < -0.39 is 61.2 Å². The highest BCUT2D eigenvalue weighted by Crippen LogP contribution is 2.49. The quantitative estimate of drug-likeness (QED) is 0.0609. The highest BCUT2D eigenvalue weighted by atomic mass is 31.2. The number of fused-ring (bicyclic) bond motifs is 1. The van der Waals surface area contributed by atoms with Crippen LogP contribution < -0.4 is 16.0 Å². The highest BCUT2D eigenvalue weighted by molar-refractivity contribution is 7.58. The Hall–Kier alpha value is -4.93. The van der Waals surface area contributed by atoms with Crippen LogP contribution in [0.5, 0.6) is 0 Å². The predicted molar refractivity (Wildman–Crippen MR) is 204 cm³/mol. The molecule has 0 spiro atoms. The summed E-state index contributed by atoms with van der Waals surface area (Å²) in [7, 11) is -4.39. The highest BCUT2D eigenvalue weighted by Gasteiger charge is 2.39. The molecule has 0 aliphatic carbocycles. The number of hydrogen-bond donors (Lipinski definition) is 6. The Morgan fingerprint density at radius 3 is 1.96 bits per heavy atom. The van der Waals surface area contributed by atoms with Crippen LogP contribution in [0.4, 0.5) is 4.79 Å². The van der Waals surface area contributed by atoms with Crippen LogP contribution in [0.25, 0.3) is 10.9 Å². The molecule has 53 heavy (non-hydrogen) atoms. The number of para-hydroxylation sites is 1. The molecule has 12 nitrogen and oxygen atoms in total. The summed E-state index contributed by atoms with van der Waals surface area (Å²) in [5.74, 6) is -5.03. The standard InChI is InChI=1S/C40H51N4O8P/c1-26(2)19-31(37(45)42-35(39(47)48)22-30-23-41-33-18-12-11-17-32(30)33)25-53(50,51)36(21-28-13-7-5-8-14-28)44-38(46)34(20-27(3)4)43-40(49)52-24-29-15-9-6-10-16-29/h5-18,23,26-27,31,34-36,41H,19-22,24-25H2,1-4H3,(H,42,45)(H,43,49)(H,44,46)(H,47,48)(H,50,51)/t31?,34-,35-,36?/m0/s1. The fraction of sp³-hybridized carbons (Fsp3) is 0.400. The zero-order valence-corrected chi connectivity index (χ0v) is 31.6. The molecule has 284 valence electrons. The third-order valence-electron chi connectivity index (χ3n) is 8.92. The summed E-state index contributed by atoms with van der Waals surface area (Å²) in [6.07, 6.45) is 0.799. The smallest absolute Gasteiger partial charge is 0.408 e. The number of ether oxygens (including phenoxy) is 1. The summed E-state index contributed by atoms with van der Waals surface area (Å²) in [6.45, 7) is 7.49. The van der Waals surface area contributed by atoms with Gasteiger partial charge in [-0.2, -0.15) is 0 Å². The van der Waals surface area contributed by atoms with Crippen LogP contribution in [-0.2, 0) is 43.1 Å². The number of aromatic amines is 1. The van der Waals surface area contributed by atoms with Gasteiger partial charge in [0.25, 0.3) is 0 Å². The number of alkyl carbamates (subject to hydrolysis) is 1. The van der Waals surface area contributed by atoms with Crippen molar-refractivity contribution in [1.82, 2.24) is 20.9 Å². The van der Waals surface area contributed by atoms with E-state index in [-0.39, 0.29) is 44.1 Å². The SMILES string of the molecule is CC(C)CC(CP(=O)(O)C(Cc1ccccc1)NC(=O)[C@H](CC(C)C)NC(=O)OCc1ccccc1)C(=O)N[C@@H](Cc1c[nH]c2ccccc12)C(=O)O. The number of carboxylic acids is 1. The van der Waals surface area contributed by atoms with Gasteiger partial charge in [-0.05, 0) is 47.4 Å². The van der Waals surface area contributed by atoms with Gasteiger partial charge in [-0.15, -0.1) is 0 Å². The Morgan fingerprint density at radius 1 is 0.736 bits per heavy atom. The van der Waals surface area contributed by atoms with E-state index in [4.69, 9.17) is 4.74 Å². The maximum Gasteiger partial charge on any atom is 0.408 e.